The summed E-state index contributed by atoms with van der Waals surface area (Å²) in [6.45, 7) is 0.513. The van der Waals surface area contributed by atoms with Crippen LogP contribution in [0.4, 0.5) is 0 Å². The van der Waals surface area contributed by atoms with E-state index in [1.807, 2.05) is 74.9 Å². The van der Waals surface area contributed by atoms with Crippen LogP contribution in [0, 0.1) is 0 Å². The summed E-state index contributed by atoms with van der Waals surface area (Å²) in [6, 6.07) is 17.2. The molecule has 0 radical (unpaired) electrons. The van der Waals surface area contributed by atoms with Gasteiger partial charge in [-0.05, 0) is 62.1 Å². The first-order valence-corrected chi connectivity index (χ1v) is 8.77. The number of nitrogens with one attached hydrogen (secondary N) is 1. The van der Waals surface area contributed by atoms with E-state index in [9.17, 15) is 4.79 Å². The largest absolute Gasteiger partial charge is 0.497 e. The fourth-order valence-electron chi connectivity index (χ4n) is 2.90. The van der Waals surface area contributed by atoms with Gasteiger partial charge in [-0.1, -0.05) is 12.1 Å². The fraction of sp³-hybridized carbons (Fsp3) is 0.238. The van der Waals surface area contributed by atoms with Crippen LogP contribution in [0.25, 0.3) is 5.69 Å². The van der Waals surface area contributed by atoms with Crippen LogP contribution in [0.2, 0.25) is 0 Å². The molecule has 6 nitrogen and oxygen atoms in total. The van der Waals surface area contributed by atoms with Gasteiger partial charge in [0.25, 0.3) is 5.91 Å². The molecule has 0 aliphatic heterocycles. The average molecular weight is 364 g/mol. The number of likely N-dealkylation sites (N-methyl/N-ethyl adjacent to an activating group) is 1. The molecule has 2 aromatic carbocycles. The van der Waals surface area contributed by atoms with E-state index in [0.717, 1.165) is 17.0 Å². The van der Waals surface area contributed by atoms with Crippen LogP contribution >= 0.6 is 0 Å². The first-order valence-electron chi connectivity index (χ1n) is 8.77. The lowest BCUT2D eigenvalue weighted by atomic mass is 10.1. The zero-order valence-corrected chi connectivity index (χ0v) is 15.8. The zero-order chi connectivity index (χ0) is 19.2. The van der Waals surface area contributed by atoms with Crippen LogP contribution in [0.1, 0.15) is 22.0 Å². The van der Waals surface area contributed by atoms with Gasteiger partial charge in [0.05, 0.1) is 18.8 Å². The van der Waals surface area contributed by atoms with E-state index < -0.39 is 0 Å². The number of ether oxygens (including phenoxy) is 1. The number of benzene rings is 2. The number of amides is 1. The van der Waals surface area contributed by atoms with E-state index in [4.69, 9.17) is 4.74 Å². The third-order valence-corrected chi connectivity index (χ3v) is 4.48. The molecule has 27 heavy (non-hydrogen) atoms. The summed E-state index contributed by atoms with van der Waals surface area (Å²) in [5.74, 6) is 0.722. The van der Waals surface area contributed by atoms with Gasteiger partial charge in [-0.3, -0.25) is 4.79 Å². The number of nitrogens with zero attached hydrogens (tertiary/aromatic N) is 3. The number of hydrogen-bond acceptors (Lipinski definition) is 4. The Morgan fingerprint density at radius 1 is 1.15 bits per heavy atom. The SMILES string of the molecule is COc1ccc(C(CNC(=O)c2ccc(-n3cccn3)cc2)N(C)C)cc1. The molecule has 1 aromatic heterocycles. The molecule has 1 N–H and O–H groups in total. The predicted octanol–water partition coefficient (Wildman–Crippen LogP) is 2.91. The summed E-state index contributed by atoms with van der Waals surface area (Å²) < 4.78 is 6.97. The molecule has 0 aliphatic rings. The van der Waals surface area contributed by atoms with Crippen molar-refractivity contribution in [2.75, 3.05) is 27.7 Å². The minimum absolute atomic E-state index is 0.0724. The van der Waals surface area contributed by atoms with Crippen molar-refractivity contribution in [2.24, 2.45) is 0 Å². The molecule has 140 valence electrons. The molecule has 0 fully saturated rings. The molecule has 0 spiro atoms. The predicted molar refractivity (Wildman–Crippen MR) is 105 cm³/mol. The molecule has 0 saturated carbocycles. The molecule has 0 bridgehead atoms. The fourth-order valence-corrected chi connectivity index (χ4v) is 2.90. The summed E-state index contributed by atoms with van der Waals surface area (Å²) in [4.78, 5) is 14.6. The number of methoxy groups -OCH3 is 1. The first-order chi connectivity index (χ1) is 13.1. The van der Waals surface area contributed by atoms with Crippen molar-refractivity contribution in [3.8, 4) is 11.4 Å². The van der Waals surface area contributed by atoms with E-state index in [0.29, 0.717) is 12.1 Å². The third-order valence-electron chi connectivity index (χ3n) is 4.48. The van der Waals surface area contributed by atoms with Crippen LogP contribution in [-0.4, -0.2) is 48.3 Å². The molecular weight excluding hydrogens is 340 g/mol. The molecule has 3 rings (SSSR count). The van der Waals surface area contributed by atoms with Gasteiger partial charge in [0.1, 0.15) is 5.75 Å². The smallest absolute Gasteiger partial charge is 0.251 e. The van der Waals surface area contributed by atoms with Crippen molar-refractivity contribution in [3.05, 3.63) is 78.1 Å². The van der Waals surface area contributed by atoms with E-state index in [1.54, 1.807) is 18.0 Å². The van der Waals surface area contributed by atoms with Gasteiger partial charge in [0.15, 0.2) is 0 Å². The molecule has 1 heterocycles. The summed E-state index contributed by atoms with van der Waals surface area (Å²) in [5.41, 5.74) is 2.66. The van der Waals surface area contributed by atoms with Gasteiger partial charge in [-0.25, -0.2) is 4.68 Å². The Bertz CT molecular complexity index is 856. The lowest BCUT2D eigenvalue weighted by Crippen LogP contribution is -2.34. The summed E-state index contributed by atoms with van der Waals surface area (Å²) in [5, 5.41) is 7.21. The molecule has 6 heteroatoms. The maximum atomic E-state index is 12.5. The van der Waals surface area contributed by atoms with Gasteiger partial charge in [-0.2, -0.15) is 5.10 Å². The second-order valence-corrected chi connectivity index (χ2v) is 6.46. The number of carbonyl (C=O) groups excluding carboxylic acids is 1. The van der Waals surface area contributed by atoms with Gasteiger partial charge < -0.3 is 15.0 Å². The Kier molecular flexibility index (Phi) is 5.88. The van der Waals surface area contributed by atoms with Crippen molar-refractivity contribution in [3.63, 3.8) is 0 Å². The molecule has 1 atom stereocenters. The van der Waals surface area contributed by atoms with E-state index >= 15 is 0 Å². The Labute approximate surface area is 159 Å². The number of carbonyl (C=O) groups is 1. The summed E-state index contributed by atoms with van der Waals surface area (Å²) >= 11 is 0. The normalized spacial score (nSPS) is 12.0. The highest BCUT2D eigenvalue weighted by atomic mass is 16.5. The van der Waals surface area contributed by atoms with Crippen LogP contribution in [-0.2, 0) is 0 Å². The molecule has 1 unspecified atom stereocenters. The minimum atomic E-state index is -0.0950. The highest BCUT2D eigenvalue weighted by molar-refractivity contribution is 5.94. The maximum absolute atomic E-state index is 12.5. The second-order valence-electron chi connectivity index (χ2n) is 6.46. The standard InChI is InChI=1S/C21H24N4O2/c1-24(2)20(16-7-11-19(27-3)12-8-16)15-22-21(26)17-5-9-18(10-6-17)25-14-4-13-23-25/h4-14,20H,15H2,1-3H3,(H,22,26). The third kappa shape index (κ3) is 4.54. The number of aromatic nitrogens is 2. The molecule has 0 saturated heterocycles. The first kappa shape index (κ1) is 18.7. The topological polar surface area (TPSA) is 59.4 Å². The molecule has 1 amide bonds. The Balaban J connectivity index is 1.65. The van der Waals surface area contributed by atoms with Crippen LogP contribution in [0.15, 0.2) is 67.0 Å². The zero-order valence-electron chi connectivity index (χ0n) is 15.8. The highest BCUT2D eigenvalue weighted by Crippen LogP contribution is 2.21. The van der Waals surface area contributed by atoms with Crippen molar-refractivity contribution in [1.82, 2.24) is 20.0 Å². The summed E-state index contributed by atoms with van der Waals surface area (Å²) in [6.07, 6.45) is 3.59. The minimum Gasteiger partial charge on any atom is -0.497 e. The van der Waals surface area contributed by atoms with Crippen LogP contribution in [0.5, 0.6) is 5.75 Å². The van der Waals surface area contributed by atoms with Gasteiger partial charge >= 0.3 is 0 Å². The molecule has 0 aliphatic carbocycles. The van der Waals surface area contributed by atoms with E-state index in [2.05, 4.69) is 15.3 Å². The Hall–Kier alpha value is -3.12. The quantitative estimate of drug-likeness (QED) is 0.700. The highest BCUT2D eigenvalue weighted by Gasteiger charge is 2.16. The lowest BCUT2D eigenvalue weighted by Gasteiger charge is -2.25. The van der Waals surface area contributed by atoms with Crippen LogP contribution < -0.4 is 10.1 Å². The van der Waals surface area contributed by atoms with E-state index in [1.165, 1.54) is 0 Å². The molecule has 3 aromatic rings. The number of rotatable bonds is 7. The van der Waals surface area contributed by atoms with Gasteiger partial charge in [0.2, 0.25) is 0 Å². The monoisotopic (exact) mass is 364 g/mol. The van der Waals surface area contributed by atoms with Gasteiger partial charge in [0, 0.05) is 24.5 Å². The second kappa shape index (κ2) is 8.51. The molecular formula is C21H24N4O2. The van der Waals surface area contributed by atoms with E-state index in [-0.39, 0.29) is 11.9 Å². The Morgan fingerprint density at radius 2 is 1.85 bits per heavy atom. The van der Waals surface area contributed by atoms with Crippen LogP contribution in [0.3, 0.4) is 0 Å². The maximum Gasteiger partial charge on any atom is 0.251 e. The van der Waals surface area contributed by atoms with Gasteiger partial charge in [-0.15, -0.1) is 0 Å². The lowest BCUT2D eigenvalue weighted by molar-refractivity contribution is 0.0942. The number of hydrogen-bond donors (Lipinski definition) is 1. The summed E-state index contributed by atoms with van der Waals surface area (Å²) in [7, 11) is 5.65. The Morgan fingerprint density at radius 3 is 2.41 bits per heavy atom. The average Bonchev–Trinajstić information content (AvgIpc) is 3.23. The van der Waals surface area contributed by atoms with Crippen molar-refractivity contribution in [1.29, 1.82) is 0 Å². The van der Waals surface area contributed by atoms with Crippen molar-refractivity contribution in [2.45, 2.75) is 6.04 Å². The van der Waals surface area contributed by atoms with Crippen molar-refractivity contribution < 1.29 is 9.53 Å². The van der Waals surface area contributed by atoms with Crippen molar-refractivity contribution >= 4 is 5.91 Å².